The first-order chi connectivity index (χ1) is 5.99. The largest absolute Gasteiger partial charge is 0.469 e. The molecule has 0 fully saturated rings. The standard InChI is InChI=1S/C8H15NO4/c1-6(8(10)13-3)4-5-7(2)9(11)12/h6-7H,4-5H2,1-3H3/t6-,7-/m1/s1. The molecule has 0 aromatic carbocycles. The van der Waals surface area contributed by atoms with Gasteiger partial charge in [0, 0.05) is 18.3 Å². The summed E-state index contributed by atoms with van der Waals surface area (Å²) >= 11 is 0. The van der Waals surface area contributed by atoms with Gasteiger partial charge in [-0.25, -0.2) is 0 Å². The Labute approximate surface area is 77.2 Å². The van der Waals surface area contributed by atoms with Crippen molar-refractivity contribution in [3.63, 3.8) is 0 Å². The summed E-state index contributed by atoms with van der Waals surface area (Å²) in [6.07, 6.45) is 0.901. The van der Waals surface area contributed by atoms with Crippen LogP contribution in [0.5, 0.6) is 0 Å². The molecule has 0 bridgehead atoms. The SMILES string of the molecule is COC(=O)[C@H](C)CC[C@@H](C)[N+](=O)[O-]. The van der Waals surface area contributed by atoms with E-state index in [1.165, 1.54) is 14.0 Å². The lowest BCUT2D eigenvalue weighted by molar-refractivity contribution is -0.519. The zero-order valence-corrected chi connectivity index (χ0v) is 8.15. The Morgan fingerprint density at radius 2 is 2.00 bits per heavy atom. The third kappa shape index (κ3) is 4.45. The van der Waals surface area contributed by atoms with Gasteiger partial charge in [0.05, 0.1) is 13.0 Å². The lowest BCUT2D eigenvalue weighted by Gasteiger charge is -2.08. The molecule has 0 aromatic rings. The molecule has 0 radical (unpaired) electrons. The number of hydrogen-bond donors (Lipinski definition) is 0. The molecule has 0 aliphatic rings. The predicted molar refractivity (Wildman–Crippen MR) is 46.9 cm³/mol. The minimum Gasteiger partial charge on any atom is -0.469 e. The molecule has 0 amide bonds. The summed E-state index contributed by atoms with van der Waals surface area (Å²) in [5.41, 5.74) is 0. The van der Waals surface area contributed by atoms with E-state index in [0.29, 0.717) is 12.8 Å². The van der Waals surface area contributed by atoms with E-state index in [-0.39, 0.29) is 16.8 Å². The second kappa shape index (κ2) is 5.50. The van der Waals surface area contributed by atoms with Crippen molar-refractivity contribution in [2.24, 2.45) is 5.92 Å². The van der Waals surface area contributed by atoms with Crippen LogP contribution in [0, 0.1) is 16.0 Å². The van der Waals surface area contributed by atoms with Gasteiger partial charge in [-0.15, -0.1) is 0 Å². The van der Waals surface area contributed by atoms with E-state index in [0.717, 1.165) is 0 Å². The first kappa shape index (κ1) is 11.9. The van der Waals surface area contributed by atoms with Gasteiger partial charge in [-0.3, -0.25) is 14.9 Å². The van der Waals surface area contributed by atoms with Crippen molar-refractivity contribution in [3.8, 4) is 0 Å². The molecule has 0 saturated carbocycles. The van der Waals surface area contributed by atoms with Crippen molar-refractivity contribution in [2.75, 3.05) is 7.11 Å². The van der Waals surface area contributed by atoms with Crippen molar-refractivity contribution in [2.45, 2.75) is 32.7 Å². The zero-order valence-electron chi connectivity index (χ0n) is 8.15. The lowest BCUT2D eigenvalue weighted by atomic mass is 10.0. The third-order valence-electron chi connectivity index (χ3n) is 1.98. The number of rotatable bonds is 5. The summed E-state index contributed by atoms with van der Waals surface area (Å²) < 4.78 is 4.50. The zero-order chi connectivity index (χ0) is 10.4. The molecule has 5 heteroatoms. The fourth-order valence-corrected chi connectivity index (χ4v) is 0.916. The van der Waals surface area contributed by atoms with E-state index in [2.05, 4.69) is 4.74 Å². The summed E-state index contributed by atoms with van der Waals surface area (Å²) in [7, 11) is 1.32. The summed E-state index contributed by atoms with van der Waals surface area (Å²) in [5.74, 6) is -0.567. The van der Waals surface area contributed by atoms with E-state index in [9.17, 15) is 14.9 Å². The van der Waals surface area contributed by atoms with Gasteiger partial charge >= 0.3 is 5.97 Å². The molecule has 0 heterocycles. The molecular formula is C8H15NO4. The highest BCUT2D eigenvalue weighted by molar-refractivity contribution is 5.71. The Kier molecular flexibility index (Phi) is 5.03. The van der Waals surface area contributed by atoms with E-state index >= 15 is 0 Å². The summed E-state index contributed by atoms with van der Waals surface area (Å²) in [6.45, 7) is 3.24. The number of hydrogen-bond acceptors (Lipinski definition) is 4. The Morgan fingerprint density at radius 3 is 2.38 bits per heavy atom. The van der Waals surface area contributed by atoms with Gasteiger partial charge in [0.15, 0.2) is 0 Å². The van der Waals surface area contributed by atoms with Crippen LogP contribution in [0.4, 0.5) is 0 Å². The van der Waals surface area contributed by atoms with Crippen molar-refractivity contribution in [1.82, 2.24) is 0 Å². The van der Waals surface area contributed by atoms with Crippen LogP contribution < -0.4 is 0 Å². The first-order valence-electron chi connectivity index (χ1n) is 4.20. The maximum Gasteiger partial charge on any atom is 0.308 e. The Balaban J connectivity index is 3.76. The summed E-state index contributed by atoms with van der Waals surface area (Å²) in [4.78, 5) is 20.8. The quantitative estimate of drug-likeness (QED) is 0.370. The number of carbonyl (C=O) groups is 1. The lowest BCUT2D eigenvalue weighted by Crippen LogP contribution is -2.19. The smallest absolute Gasteiger partial charge is 0.308 e. The van der Waals surface area contributed by atoms with Crippen LogP contribution >= 0.6 is 0 Å². The molecule has 0 saturated heterocycles. The summed E-state index contributed by atoms with van der Waals surface area (Å²) in [6, 6.07) is -0.591. The van der Waals surface area contributed by atoms with Crippen LogP contribution in [0.25, 0.3) is 0 Å². The Hall–Kier alpha value is -1.13. The number of ether oxygens (including phenoxy) is 1. The average Bonchev–Trinajstić information content (AvgIpc) is 2.11. The minimum atomic E-state index is -0.591. The molecule has 0 rings (SSSR count). The molecule has 2 atom stereocenters. The van der Waals surface area contributed by atoms with Gasteiger partial charge in [-0.2, -0.15) is 0 Å². The number of carbonyl (C=O) groups excluding carboxylic acids is 1. The topological polar surface area (TPSA) is 69.4 Å². The number of nitrogens with zero attached hydrogens (tertiary/aromatic N) is 1. The normalized spacial score (nSPS) is 14.7. The highest BCUT2D eigenvalue weighted by Gasteiger charge is 2.18. The number of esters is 1. The van der Waals surface area contributed by atoms with Gasteiger partial charge in [0.2, 0.25) is 6.04 Å². The van der Waals surface area contributed by atoms with E-state index in [1.54, 1.807) is 6.92 Å². The van der Waals surface area contributed by atoms with Crippen LogP contribution in [0.1, 0.15) is 26.7 Å². The van der Waals surface area contributed by atoms with Gasteiger partial charge in [0.25, 0.3) is 0 Å². The third-order valence-corrected chi connectivity index (χ3v) is 1.98. The van der Waals surface area contributed by atoms with E-state index in [1.807, 2.05) is 0 Å². The van der Waals surface area contributed by atoms with Crippen LogP contribution in [-0.4, -0.2) is 24.0 Å². The van der Waals surface area contributed by atoms with Crippen LogP contribution in [0.3, 0.4) is 0 Å². The maximum absolute atomic E-state index is 10.9. The number of methoxy groups -OCH3 is 1. The molecule has 0 N–H and O–H groups in total. The molecule has 0 spiro atoms. The Bertz CT molecular complexity index is 193. The number of nitro groups is 1. The van der Waals surface area contributed by atoms with Crippen LogP contribution in [0.15, 0.2) is 0 Å². The average molecular weight is 189 g/mol. The second-order valence-corrected chi connectivity index (χ2v) is 3.14. The van der Waals surface area contributed by atoms with Crippen LogP contribution in [-0.2, 0) is 9.53 Å². The van der Waals surface area contributed by atoms with Gasteiger partial charge in [-0.05, 0) is 6.42 Å². The van der Waals surface area contributed by atoms with Crippen molar-refractivity contribution in [3.05, 3.63) is 10.1 Å². The maximum atomic E-state index is 10.9. The molecular weight excluding hydrogens is 174 g/mol. The van der Waals surface area contributed by atoms with E-state index in [4.69, 9.17) is 0 Å². The van der Waals surface area contributed by atoms with Crippen molar-refractivity contribution in [1.29, 1.82) is 0 Å². The molecule has 76 valence electrons. The molecule has 0 aromatic heterocycles. The van der Waals surface area contributed by atoms with Crippen molar-refractivity contribution >= 4 is 5.97 Å². The Morgan fingerprint density at radius 1 is 1.46 bits per heavy atom. The molecule has 0 aliphatic carbocycles. The van der Waals surface area contributed by atoms with Crippen molar-refractivity contribution < 1.29 is 14.5 Å². The van der Waals surface area contributed by atoms with Gasteiger partial charge in [-0.1, -0.05) is 6.92 Å². The molecule has 5 nitrogen and oxygen atoms in total. The summed E-state index contributed by atoms with van der Waals surface area (Å²) in [5, 5.41) is 10.2. The van der Waals surface area contributed by atoms with Gasteiger partial charge < -0.3 is 4.74 Å². The predicted octanol–water partition coefficient (Wildman–Crippen LogP) is 1.24. The second-order valence-electron chi connectivity index (χ2n) is 3.14. The molecule has 13 heavy (non-hydrogen) atoms. The van der Waals surface area contributed by atoms with Crippen LogP contribution in [0.2, 0.25) is 0 Å². The molecule has 0 unspecified atom stereocenters. The highest BCUT2D eigenvalue weighted by Crippen LogP contribution is 2.10. The van der Waals surface area contributed by atoms with E-state index < -0.39 is 6.04 Å². The molecule has 0 aliphatic heterocycles. The minimum absolute atomic E-state index is 0.257. The highest BCUT2D eigenvalue weighted by atomic mass is 16.6. The fourth-order valence-electron chi connectivity index (χ4n) is 0.916. The monoisotopic (exact) mass is 189 g/mol. The van der Waals surface area contributed by atoms with Gasteiger partial charge in [0.1, 0.15) is 0 Å². The first-order valence-corrected chi connectivity index (χ1v) is 4.20. The fraction of sp³-hybridized carbons (Fsp3) is 0.875.